The summed E-state index contributed by atoms with van der Waals surface area (Å²) in [7, 11) is 0. The molecule has 116 valence electrons. The molecule has 1 amide bonds. The lowest BCUT2D eigenvalue weighted by Crippen LogP contribution is -2.50. The van der Waals surface area contributed by atoms with Crippen LogP contribution in [0.25, 0.3) is 0 Å². The molecule has 0 spiro atoms. The van der Waals surface area contributed by atoms with Crippen LogP contribution in [-0.4, -0.2) is 61.1 Å². The average Bonchev–Trinajstić information content (AvgIpc) is 2.97. The quantitative estimate of drug-likeness (QED) is 0.699. The van der Waals surface area contributed by atoms with Crippen molar-refractivity contribution in [3.05, 3.63) is 0 Å². The van der Waals surface area contributed by atoms with E-state index in [0.717, 1.165) is 39.0 Å². The van der Waals surface area contributed by atoms with Gasteiger partial charge in [-0.1, -0.05) is 0 Å². The minimum absolute atomic E-state index is 0.138. The zero-order valence-electron chi connectivity index (χ0n) is 12.7. The largest absolute Gasteiger partial charge is 0.355 e. The molecule has 0 aromatic rings. The molecule has 0 radical (unpaired) electrons. The Labute approximate surface area is 127 Å². The average molecular weight is 299 g/mol. The van der Waals surface area contributed by atoms with Gasteiger partial charge in [0.1, 0.15) is 0 Å². The van der Waals surface area contributed by atoms with Crippen LogP contribution in [0.15, 0.2) is 0 Å². The third kappa shape index (κ3) is 4.64. The summed E-state index contributed by atoms with van der Waals surface area (Å²) < 4.78 is 0. The van der Waals surface area contributed by atoms with Crippen molar-refractivity contribution in [2.75, 3.05) is 38.2 Å². The molecule has 20 heavy (non-hydrogen) atoms. The fourth-order valence-electron chi connectivity index (χ4n) is 3.35. The first kappa shape index (κ1) is 16.1. The fourth-order valence-corrected chi connectivity index (χ4v) is 3.84. The highest BCUT2D eigenvalue weighted by Crippen LogP contribution is 2.24. The normalized spacial score (nSPS) is 24.9. The summed E-state index contributed by atoms with van der Waals surface area (Å²) in [4.78, 5) is 14.8. The monoisotopic (exact) mass is 299 g/mol. The van der Waals surface area contributed by atoms with E-state index < -0.39 is 0 Å². The molecule has 4 nitrogen and oxygen atoms in total. The molecule has 2 heterocycles. The lowest BCUT2D eigenvalue weighted by molar-refractivity contribution is -0.126. The van der Waals surface area contributed by atoms with E-state index >= 15 is 0 Å². The van der Waals surface area contributed by atoms with Gasteiger partial charge in [0.25, 0.3) is 0 Å². The maximum Gasteiger partial charge on any atom is 0.237 e. The number of thioether (sulfide) groups is 1. The number of carbonyl (C=O) groups is 1. The molecule has 2 fully saturated rings. The summed E-state index contributed by atoms with van der Waals surface area (Å²) >= 11 is 1.88. The summed E-state index contributed by atoms with van der Waals surface area (Å²) in [6.07, 6.45) is 9.04. The van der Waals surface area contributed by atoms with Crippen molar-refractivity contribution in [1.82, 2.24) is 15.5 Å². The van der Waals surface area contributed by atoms with Crippen molar-refractivity contribution in [2.24, 2.45) is 0 Å². The van der Waals surface area contributed by atoms with Crippen LogP contribution in [0.1, 0.15) is 38.5 Å². The maximum atomic E-state index is 12.4. The van der Waals surface area contributed by atoms with Crippen LogP contribution in [0.4, 0.5) is 0 Å². The van der Waals surface area contributed by atoms with Gasteiger partial charge >= 0.3 is 0 Å². The Kier molecular flexibility index (Phi) is 7.17. The number of amides is 1. The first-order valence-electron chi connectivity index (χ1n) is 8.06. The van der Waals surface area contributed by atoms with E-state index in [1.807, 2.05) is 11.8 Å². The summed E-state index contributed by atoms with van der Waals surface area (Å²) in [5.41, 5.74) is 0. The molecule has 2 aliphatic rings. The lowest BCUT2D eigenvalue weighted by Gasteiger charge is -2.35. The minimum atomic E-state index is 0.138. The minimum Gasteiger partial charge on any atom is -0.355 e. The zero-order chi connectivity index (χ0) is 14.2. The van der Waals surface area contributed by atoms with Gasteiger partial charge in [0.15, 0.2) is 0 Å². The molecule has 2 N–H and O–H groups in total. The second-order valence-corrected chi connectivity index (χ2v) is 6.85. The van der Waals surface area contributed by atoms with E-state index in [2.05, 4.69) is 21.8 Å². The molecule has 2 aliphatic heterocycles. The number of rotatable bonds is 7. The highest BCUT2D eigenvalue weighted by molar-refractivity contribution is 7.98. The second-order valence-electron chi connectivity index (χ2n) is 5.87. The molecule has 1 unspecified atom stereocenters. The topological polar surface area (TPSA) is 44.4 Å². The number of piperidine rings is 1. The molecule has 0 bridgehead atoms. The van der Waals surface area contributed by atoms with Crippen LogP contribution in [0.2, 0.25) is 0 Å². The van der Waals surface area contributed by atoms with Crippen molar-refractivity contribution < 1.29 is 4.79 Å². The molecular weight excluding hydrogens is 270 g/mol. The van der Waals surface area contributed by atoms with E-state index in [0.29, 0.717) is 6.04 Å². The van der Waals surface area contributed by atoms with Gasteiger partial charge in [0.05, 0.1) is 6.04 Å². The lowest BCUT2D eigenvalue weighted by atomic mass is 10.0. The third-order valence-electron chi connectivity index (χ3n) is 4.45. The SMILES string of the molecule is CSCCCCNC(=O)C1CCCN1C1CCNCC1. The predicted octanol–water partition coefficient (Wildman–Crippen LogP) is 1.46. The summed E-state index contributed by atoms with van der Waals surface area (Å²) in [6, 6.07) is 0.754. The molecular formula is C15H29N3OS. The molecule has 2 rings (SSSR count). The standard InChI is InChI=1S/C15H29N3OS/c1-20-12-3-2-8-17-15(19)14-5-4-11-18(14)13-6-9-16-10-7-13/h13-14,16H,2-12H2,1H3,(H,17,19). The Bertz CT molecular complexity index is 295. The second kappa shape index (κ2) is 8.90. The first-order valence-corrected chi connectivity index (χ1v) is 9.45. The molecule has 5 heteroatoms. The molecule has 0 aromatic heterocycles. The first-order chi connectivity index (χ1) is 9.83. The van der Waals surface area contributed by atoms with Crippen LogP contribution in [0.5, 0.6) is 0 Å². The highest BCUT2D eigenvalue weighted by Gasteiger charge is 2.35. The van der Waals surface area contributed by atoms with Gasteiger partial charge in [0.2, 0.25) is 5.91 Å². The molecule has 2 saturated heterocycles. The van der Waals surface area contributed by atoms with Gasteiger partial charge < -0.3 is 10.6 Å². The Balaban J connectivity index is 1.73. The summed E-state index contributed by atoms with van der Waals surface area (Å²) in [5, 5.41) is 6.55. The van der Waals surface area contributed by atoms with Crippen LogP contribution in [0.3, 0.4) is 0 Å². The molecule has 1 atom stereocenters. The van der Waals surface area contributed by atoms with E-state index in [1.165, 1.54) is 31.4 Å². The van der Waals surface area contributed by atoms with E-state index in [-0.39, 0.29) is 11.9 Å². The van der Waals surface area contributed by atoms with Crippen LogP contribution in [-0.2, 0) is 4.79 Å². The smallest absolute Gasteiger partial charge is 0.237 e. The number of nitrogens with zero attached hydrogens (tertiary/aromatic N) is 1. The van der Waals surface area contributed by atoms with Crippen molar-refractivity contribution >= 4 is 17.7 Å². The van der Waals surface area contributed by atoms with Crippen molar-refractivity contribution in [2.45, 2.75) is 50.6 Å². The van der Waals surface area contributed by atoms with Crippen molar-refractivity contribution in [1.29, 1.82) is 0 Å². The van der Waals surface area contributed by atoms with E-state index in [4.69, 9.17) is 0 Å². The Morgan fingerprint density at radius 3 is 2.85 bits per heavy atom. The number of hydrogen-bond acceptors (Lipinski definition) is 4. The Morgan fingerprint density at radius 1 is 1.30 bits per heavy atom. The van der Waals surface area contributed by atoms with Gasteiger partial charge in [0, 0.05) is 12.6 Å². The summed E-state index contributed by atoms with van der Waals surface area (Å²) in [6.45, 7) is 4.15. The van der Waals surface area contributed by atoms with Gasteiger partial charge in [-0.2, -0.15) is 11.8 Å². The molecule has 0 aliphatic carbocycles. The summed E-state index contributed by atoms with van der Waals surface area (Å²) in [5.74, 6) is 1.46. The Morgan fingerprint density at radius 2 is 2.10 bits per heavy atom. The molecule has 0 saturated carbocycles. The maximum absolute atomic E-state index is 12.4. The number of nitrogens with one attached hydrogen (secondary N) is 2. The van der Waals surface area contributed by atoms with E-state index in [9.17, 15) is 4.79 Å². The Hall–Kier alpha value is -0.260. The zero-order valence-corrected chi connectivity index (χ0v) is 13.5. The van der Waals surface area contributed by atoms with Gasteiger partial charge in [-0.15, -0.1) is 0 Å². The number of hydrogen-bond donors (Lipinski definition) is 2. The number of carbonyl (C=O) groups excluding carboxylic acids is 1. The predicted molar refractivity (Wildman–Crippen MR) is 86.2 cm³/mol. The van der Waals surface area contributed by atoms with Crippen molar-refractivity contribution in [3.63, 3.8) is 0 Å². The molecule has 0 aromatic carbocycles. The van der Waals surface area contributed by atoms with Gasteiger partial charge in [-0.3, -0.25) is 9.69 Å². The third-order valence-corrected chi connectivity index (χ3v) is 5.15. The van der Waals surface area contributed by atoms with Gasteiger partial charge in [-0.05, 0) is 70.2 Å². The van der Waals surface area contributed by atoms with Gasteiger partial charge in [-0.25, -0.2) is 0 Å². The fraction of sp³-hybridized carbons (Fsp3) is 0.933. The number of likely N-dealkylation sites (tertiary alicyclic amines) is 1. The van der Waals surface area contributed by atoms with Crippen molar-refractivity contribution in [3.8, 4) is 0 Å². The van der Waals surface area contributed by atoms with Crippen LogP contribution in [0, 0.1) is 0 Å². The van der Waals surface area contributed by atoms with Crippen LogP contribution >= 0.6 is 11.8 Å². The van der Waals surface area contributed by atoms with E-state index in [1.54, 1.807) is 0 Å². The highest BCUT2D eigenvalue weighted by atomic mass is 32.2. The number of unbranched alkanes of at least 4 members (excludes halogenated alkanes) is 1. The van der Waals surface area contributed by atoms with Crippen LogP contribution < -0.4 is 10.6 Å².